The Morgan fingerprint density at radius 3 is 2.62 bits per heavy atom. The molecule has 0 amide bonds. The van der Waals surface area contributed by atoms with Crippen LogP contribution in [0.15, 0.2) is 6.33 Å². The van der Waals surface area contributed by atoms with E-state index in [1.165, 1.54) is 6.33 Å². The number of anilines is 1. The van der Waals surface area contributed by atoms with Gasteiger partial charge in [0.2, 0.25) is 0 Å². The number of aromatic nitrogens is 2. The number of nitrogens with zero attached hydrogens (tertiary/aromatic N) is 3. The van der Waals surface area contributed by atoms with Gasteiger partial charge >= 0.3 is 0 Å². The van der Waals surface area contributed by atoms with Gasteiger partial charge in [0.15, 0.2) is 11.6 Å². The molecule has 1 aliphatic rings. The number of hydrogen-bond donors (Lipinski definition) is 1. The maximum absolute atomic E-state index is 13.7. The van der Waals surface area contributed by atoms with E-state index >= 15 is 0 Å². The van der Waals surface area contributed by atoms with Crippen LogP contribution in [0.1, 0.15) is 19.5 Å². The SMILES string of the molecule is Cc1ncnc(N2CC(N)(C(C)C)C2)c1F. The number of nitrogens with two attached hydrogens (primary N) is 1. The third-order valence-electron chi connectivity index (χ3n) is 3.37. The Bertz CT molecular complexity index is 399. The molecular weight excluding hydrogens is 207 g/mol. The van der Waals surface area contributed by atoms with Crippen LogP contribution in [0.3, 0.4) is 0 Å². The minimum absolute atomic E-state index is 0.217. The summed E-state index contributed by atoms with van der Waals surface area (Å²) in [6, 6.07) is 0. The van der Waals surface area contributed by atoms with E-state index in [9.17, 15) is 4.39 Å². The lowest BCUT2D eigenvalue weighted by molar-refractivity contribution is 0.241. The first-order valence-corrected chi connectivity index (χ1v) is 5.45. The van der Waals surface area contributed by atoms with Gasteiger partial charge in [0.25, 0.3) is 0 Å². The van der Waals surface area contributed by atoms with E-state index in [1.54, 1.807) is 6.92 Å². The first-order valence-electron chi connectivity index (χ1n) is 5.45. The van der Waals surface area contributed by atoms with E-state index in [2.05, 4.69) is 23.8 Å². The fourth-order valence-corrected chi connectivity index (χ4v) is 1.85. The number of hydrogen-bond acceptors (Lipinski definition) is 4. The van der Waals surface area contributed by atoms with Gasteiger partial charge in [-0.25, -0.2) is 14.4 Å². The molecule has 4 nitrogen and oxygen atoms in total. The van der Waals surface area contributed by atoms with Crippen LogP contribution >= 0.6 is 0 Å². The quantitative estimate of drug-likeness (QED) is 0.817. The third-order valence-corrected chi connectivity index (χ3v) is 3.37. The monoisotopic (exact) mass is 224 g/mol. The van der Waals surface area contributed by atoms with Crippen molar-refractivity contribution in [2.24, 2.45) is 11.7 Å². The summed E-state index contributed by atoms with van der Waals surface area (Å²) in [5.74, 6) is 0.414. The molecular formula is C11H17FN4. The zero-order valence-electron chi connectivity index (χ0n) is 9.87. The van der Waals surface area contributed by atoms with E-state index in [0.29, 0.717) is 30.5 Å². The molecule has 0 aliphatic carbocycles. The molecule has 0 radical (unpaired) electrons. The maximum atomic E-state index is 13.7. The lowest BCUT2D eigenvalue weighted by Crippen LogP contribution is -2.70. The highest BCUT2D eigenvalue weighted by molar-refractivity contribution is 5.46. The highest BCUT2D eigenvalue weighted by atomic mass is 19.1. The van der Waals surface area contributed by atoms with Crippen LogP contribution in [-0.4, -0.2) is 28.6 Å². The maximum Gasteiger partial charge on any atom is 0.186 e. The molecule has 0 unspecified atom stereocenters. The summed E-state index contributed by atoms with van der Waals surface area (Å²) in [7, 11) is 0. The molecule has 1 fully saturated rings. The first kappa shape index (κ1) is 11.3. The van der Waals surface area contributed by atoms with E-state index in [4.69, 9.17) is 5.73 Å². The van der Waals surface area contributed by atoms with Gasteiger partial charge in [0.1, 0.15) is 6.33 Å². The molecule has 1 aliphatic heterocycles. The van der Waals surface area contributed by atoms with E-state index < -0.39 is 0 Å². The molecule has 16 heavy (non-hydrogen) atoms. The van der Waals surface area contributed by atoms with Gasteiger partial charge in [0, 0.05) is 13.1 Å². The average Bonchev–Trinajstić information content (AvgIpc) is 2.17. The number of halogens is 1. The topological polar surface area (TPSA) is 55.0 Å². The Morgan fingerprint density at radius 2 is 2.06 bits per heavy atom. The Kier molecular flexibility index (Phi) is 2.58. The second-order valence-corrected chi connectivity index (χ2v) is 4.84. The minimum Gasteiger partial charge on any atom is -0.350 e. The lowest BCUT2D eigenvalue weighted by atomic mass is 9.80. The summed E-state index contributed by atoms with van der Waals surface area (Å²) in [5.41, 5.74) is 6.32. The van der Waals surface area contributed by atoms with Crippen molar-refractivity contribution in [2.75, 3.05) is 18.0 Å². The Labute approximate surface area is 94.7 Å². The standard InChI is InChI=1S/C11H17FN4/c1-7(2)11(13)4-16(5-11)10-9(12)8(3)14-6-15-10/h6-7H,4-5,13H2,1-3H3. The summed E-state index contributed by atoms with van der Waals surface area (Å²) in [6.45, 7) is 7.10. The molecule has 1 aromatic rings. The van der Waals surface area contributed by atoms with Crippen molar-refractivity contribution in [3.05, 3.63) is 17.8 Å². The lowest BCUT2D eigenvalue weighted by Gasteiger charge is -2.50. The van der Waals surface area contributed by atoms with Gasteiger partial charge < -0.3 is 10.6 Å². The van der Waals surface area contributed by atoms with Crippen molar-refractivity contribution in [3.63, 3.8) is 0 Å². The molecule has 2 heterocycles. The molecule has 5 heteroatoms. The molecule has 1 aromatic heterocycles. The molecule has 0 spiro atoms. The Balaban J connectivity index is 2.16. The third kappa shape index (κ3) is 1.65. The molecule has 2 rings (SSSR count). The van der Waals surface area contributed by atoms with Gasteiger partial charge in [-0.15, -0.1) is 0 Å². The van der Waals surface area contributed by atoms with Crippen molar-refractivity contribution >= 4 is 5.82 Å². The van der Waals surface area contributed by atoms with Crippen LogP contribution in [-0.2, 0) is 0 Å². The van der Waals surface area contributed by atoms with E-state index in [0.717, 1.165) is 0 Å². The zero-order valence-corrected chi connectivity index (χ0v) is 9.87. The van der Waals surface area contributed by atoms with Crippen molar-refractivity contribution in [1.29, 1.82) is 0 Å². The fraction of sp³-hybridized carbons (Fsp3) is 0.636. The smallest absolute Gasteiger partial charge is 0.186 e. The highest BCUT2D eigenvalue weighted by Gasteiger charge is 2.43. The molecule has 0 saturated carbocycles. The van der Waals surface area contributed by atoms with Crippen molar-refractivity contribution in [1.82, 2.24) is 9.97 Å². The van der Waals surface area contributed by atoms with Crippen LogP contribution in [0.2, 0.25) is 0 Å². The molecule has 88 valence electrons. The predicted octanol–water partition coefficient (Wildman–Crippen LogP) is 1.10. The van der Waals surface area contributed by atoms with Gasteiger partial charge in [-0.3, -0.25) is 0 Å². The molecule has 2 N–H and O–H groups in total. The summed E-state index contributed by atoms with van der Waals surface area (Å²) in [6.07, 6.45) is 1.39. The molecule has 0 atom stereocenters. The van der Waals surface area contributed by atoms with Gasteiger partial charge in [-0.2, -0.15) is 0 Å². The number of aryl methyl sites for hydroxylation is 1. The molecule has 1 saturated heterocycles. The van der Waals surface area contributed by atoms with Crippen LogP contribution in [0.4, 0.5) is 10.2 Å². The van der Waals surface area contributed by atoms with E-state index in [-0.39, 0.29) is 11.4 Å². The van der Waals surface area contributed by atoms with Crippen LogP contribution in [0, 0.1) is 18.7 Å². The number of rotatable bonds is 2. The second-order valence-electron chi connectivity index (χ2n) is 4.84. The summed E-state index contributed by atoms with van der Waals surface area (Å²) in [4.78, 5) is 9.64. The van der Waals surface area contributed by atoms with Gasteiger partial charge in [-0.05, 0) is 12.8 Å². The molecule has 0 aromatic carbocycles. The minimum atomic E-state index is -0.340. The summed E-state index contributed by atoms with van der Waals surface area (Å²) in [5, 5.41) is 0. The Hall–Kier alpha value is -1.23. The fourth-order valence-electron chi connectivity index (χ4n) is 1.85. The van der Waals surface area contributed by atoms with Crippen molar-refractivity contribution in [3.8, 4) is 0 Å². The van der Waals surface area contributed by atoms with Gasteiger partial charge in [0.05, 0.1) is 11.2 Å². The Morgan fingerprint density at radius 1 is 1.44 bits per heavy atom. The zero-order chi connectivity index (χ0) is 11.9. The highest BCUT2D eigenvalue weighted by Crippen LogP contribution is 2.31. The molecule has 0 bridgehead atoms. The predicted molar refractivity (Wildman–Crippen MR) is 60.7 cm³/mol. The van der Waals surface area contributed by atoms with Crippen LogP contribution < -0.4 is 10.6 Å². The van der Waals surface area contributed by atoms with E-state index in [1.807, 2.05) is 4.90 Å². The van der Waals surface area contributed by atoms with Crippen molar-refractivity contribution in [2.45, 2.75) is 26.3 Å². The first-order chi connectivity index (χ1) is 7.44. The second kappa shape index (κ2) is 3.66. The normalized spacial score (nSPS) is 18.8. The van der Waals surface area contributed by atoms with Crippen LogP contribution in [0.5, 0.6) is 0 Å². The summed E-state index contributed by atoms with van der Waals surface area (Å²) < 4.78 is 13.7. The summed E-state index contributed by atoms with van der Waals surface area (Å²) >= 11 is 0. The largest absolute Gasteiger partial charge is 0.350 e. The van der Waals surface area contributed by atoms with Gasteiger partial charge in [-0.1, -0.05) is 13.8 Å². The van der Waals surface area contributed by atoms with Crippen LogP contribution in [0.25, 0.3) is 0 Å². The van der Waals surface area contributed by atoms with Crippen molar-refractivity contribution < 1.29 is 4.39 Å². The average molecular weight is 224 g/mol.